The first-order valence-corrected chi connectivity index (χ1v) is 9.60. The lowest BCUT2D eigenvalue weighted by atomic mass is 9.48. The van der Waals surface area contributed by atoms with Gasteiger partial charge in [-0.05, 0) is 34.4 Å². The first kappa shape index (κ1) is 15.8. The minimum absolute atomic E-state index is 0.0858. The van der Waals surface area contributed by atoms with E-state index in [1.807, 2.05) is 24.3 Å². The van der Waals surface area contributed by atoms with Gasteiger partial charge in [0.1, 0.15) is 0 Å². The number of aromatic nitrogens is 1. The number of hydrogen-bond acceptors (Lipinski definition) is 3. The molecule has 7 rings (SSSR count). The van der Waals surface area contributed by atoms with Gasteiger partial charge in [-0.15, -0.1) is 0 Å². The van der Waals surface area contributed by atoms with Crippen molar-refractivity contribution in [3.8, 4) is 0 Å². The second-order valence-corrected chi connectivity index (χ2v) is 8.08. The van der Waals surface area contributed by atoms with Crippen molar-refractivity contribution in [3.05, 3.63) is 95.3 Å². The van der Waals surface area contributed by atoms with Crippen LogP contribution in [0.5, 0.6) is 0 Å². The molecule has 136 valence electrons. The Morgan fingerprint density at radius 1 is 0.857 bits per heavy atom. The molecule has 2 amide bonds. The lowest BCUT2D eigenvalue weighted by Crippen LogP contribution is -2.51. The SMILES string of the molecule is CC12c3ccccc3C(c3ccccc31)[C@@H]1C(=O)N(c3cccnc3)C(=O)[C@H]12. The summed E-state index contributed by atoms with van der Waals surface area (Å²) >= 11 is 0. The van der Waals surface area contributed by atoms with Gasteiger partial charge in [-0.25, -0.2) is 4.90 Å². The molecule has 1 aliphatic heterocycles. The summed E-state index contributed by atoms with van der Waals surface area (Å²) in [5.74, 6) is -1.07. The number of benzene rings is 2. The molecule has 28 heavy (non-hydrogen) atoms. The third kappa shape index (κ3) is 1.65. The molecular formula is C24H18N2O2. The molecule has 1 saturated heterocycles. The van der Waals surface area contributed by atoms with E-state index in [-0.39, 0.29) is 23.7 Å². The van der Waals surface area contributed by atoms with Crippen LogP contribution in [-0.4, -0.2) is 16.8 Å². The third-order valence-corrected chi connectivity index (χ3v) is 6.95. The van der Waals surface area contributed by atoms with Crippen molar-refractivity contribution >= 4 is 17.5 Å². The number of carbonyl (C=O) groups excluding carboxylic acids is 2. The smallest absolute Gasteiger partial charge is 0.239 e. The summed E-state index contributed by atoms with van der Waals surface area (Å²) in [5.41, 5.74) is 4.75. The first-order valence-electron chi connectivity index (χ1n) is 9.60. The normalized spacial score (nSPS) is 29.5. The van der Waals surface area contributed by atoms with Gasteiger partial charge in [0.25, 0.3) is 0 Å². The zero-order valence-corrected chi connectivity index (χ0v) is 15.4. The molecule has 2 heterocycles. The summed E-state index contributed by atoms with van der Waals surface area (Å²) in [5, 5.41) is 0. The monoisotopic (exact) mass is 366 g/mol. The molecule has 4 nitrogen and oxygen atoms in total. The van der Waals surface area contributed by atoms with Crippen molar-refractivity contribution in [2.24, 2.45) is 11.8 Å². The standard InChI is InChI=1S/C24H18N2O2/c1-24-17-10-4-2-8-15(17)19(16-9-3-5-11-18(16)24)20-21(24)23(28)26(22(20)27)14-7-6-12-25-13-14/h2-13,19-21H,1H3/t19?,20-,21-,24?/m0/s1. The molecule has 0 saturated carbocycles. The van der Waals surface area contributed by atoms with Gasteiger partial charge in [0.2, 0.25) is 11.8 Å². The maximum absolute atomic E-state index is 13.6. The van der Waals surface area contributed by atoms with Crippen molar-refractivity contribution in [1.82, 2.24) is 4.98 Å². The maximum atomic E-state index is 13.6. The predicted molar refractivity (Wildman–Crippen MR) is 105 cm³/mol. The highest BCUT2D eigenvalue weighted by atomic mass is 16.2. The van der Waals surface area contributed by atoms with Crippen molar-refractivity contribution in [1.29, 1.82) is 0 Å². The van der Waals surface area contributed by atoms with Crippen LogP contribution in [0.3, 0.4) is 0 Å². The van der Waals surface area contributed by atoms with Gasteiger partial charge >= 0.3 is 0 Å². The van der Waals surface area contributed by atoms with Crippen LogP contribution in [0.25, 0.3) is 0 Å². The number of amides is 2. The molecule has 1 aromatic heterocycles. The molecule has 0 unspecified atom stereocenters. The van der Waals surface area contributed by atoms with Crippen molar-refractivity contribution < 1.29 is 9.59 Å². The number of imide groups is 1. The van der Waals surface area contributed by atoms with Crippen LogP contribution in [0.1, 0.15) is 35.1 Å². The Morgan fingerprint density at radius 2 is 1.50 bits per heavy atom. The minimum Gasteiger partial charge on any atom is -0.274 e. The topological polar surface area (TPSA) is 50.3 Å². The fourth-order valence-electron chi connectivity index (χ4n) is 5.89. The van der Waals surface area contributed by atoms with Crippen LogP contribution in [0.4, 0.5) is 5.69 Å². The number of carbonyl (C=O) groups is 2. The lowest BCUT2D eigenvalue weighted by molar-refractivity contribution is -0.123. The fraction of sp³-hybridized carbons (Fsp3) is 0.208. The fourth-order valence-corrected chi connectivity index (χ4v) is 5.89. The number of nitrogens with zero attached hydrogens (tertiary/aromatic N) is 2. The highest BCUT2D eigenvalue weighted by Crippen LogP contribution is 2.63. The van der Waals surface area contributed by atoms with Gasteiger partial charge in [-0.3, -0.25) is 14.6 Å². The summed E-state index contributed by atoms with van der Waals surface area (Å²) < 4.78 is 0. The summed E-state index contributed by atoms with van der Waals surface area (Å²) in [6, 6.07) is 20.1. The van der Waals surface area contributed by atoms with Gasteiger partial charge in [0.05, 0.1) is 23.7 Å². The van der Waals surface area contributed by atoms with Crippen molar-refractivity contribution in [3.63, 3.8) is 0 Å². The summed E-state index contributed by atoms with van der Waals surface area (Å²) in [7, 11) is 0. The Balaban J connectivity index is 1.64. The molecule has 3 aromatic rings. The summed E-state index contributed by atoms with van der Waals surface area (Å²) in [6.07, 6.45) is 3.25. The molecule has 0 spiro atoms. The van der Waals surface area contributed by atoms with E-state index in [0.717, 1.165) is 0 Å². The van der Waals surface area contributed by atoms with Gasteiger partial charge in [-0.1, -0.05) is 55.5 Å². The van der Waals surface area contributed by atoms with Crippen molar-refractivity contribution in [2.75, 3.05) is 4.90 Å². The molecule has 0 N–H and O–H groups in total. The van der Waals surface area contributed by atoms with E-state index in [4.69, 9.17) is 0 Å². The molecular weight excluding hydrogens is 348 g/mol. The molecule has 3 aliphatic carbocycles. The van der Waals surface area contributed by atoms with E-state index < -0.39 is 11.3 Å². The van der Waals surface area contributed by atoms with Crippen LogP contribution in [-0.2, 0) is 15.0 Å². The van der Waals surface area contributed by atoms with E-state index in [2.05, 4.69) is 36.2 Å². The number of pyridine rings is 1. The Labute approximate surface area is 162 Å². The van der Waals surface area contributed by atoms with E-state index in [9.17, 15) is 9.59 Å². The molecule has 0 radical (unpaired) electrons. The largest absolute Gasteiger partial charge is 0.274 e. The Bertz CT molecular complexity index is 1110. The minimum atomic E-state index is -0.518. The van der Waals surface area contributed by atoms with Gasteiger partial charge < -0.3 is 0 Å². The maximum Gasteiger partial charge on any atom is 0.239 e. The lowest BCUT2D eigenvalue weighted by Gasteiger charge is -2.52. The van der Waals surface area contributed by atoms with E-state index in [1.165, 1.54) is 27.2 Å². The van der Waals surface area contributed by atoms with Crippen LogP contribution in [0.15, 0.2) is 73.1 Å². The molecule has 2 atom stereocenters. The predicted octanol–water partition coefficient (Wildman–Crippen LogP) is 3.65. The van der Waals surface area contributed by atoms with Gasteiger partial charge in [0.15, 0.2) is 0 Å². The zero-order valence-electron chi connectivity index (χ0n) is 15.4. The van der Waals surface area contributed by atoms with Gasteiger partial charge in [-0.2, -0.15) is 0 Å². The first-order chi connectivity index (χ1) is 13.6. The van der Waals surface area contributed by atoms with Crippen LogP contribution in [0.2, 0.25) is 0 Å². The van der Waals surface area contributed by atoms with E-state index in [0.29, 0.717) is 5.69 Å². The highest BCUT2D eigenvalue weighted by Gasteiger charge is 2.66. The number of anilines is 1. The second kappa shape index (κ2) is 5.16. The van der Waals surface area contributed by atoms with Gasteiger partial charge in [0, 0.05) is 17.5 Å². The van der Waals surface area contributed by atoms with E-state index >= 15 is 0 Å². The highest BCUT2D eigenvalue weighted by molar-refractivity contribution is 6.23. The Hall–Kier alpha value is -3.27. The van der Waals surface area contributed by atoms with Crippen LogP contribution >= 0.6 is 0 Å². The Morgan fingerprint density at radius 3 is 2.11 bits per heavy atom. The Kier molecular flexibility index (Phi) is 2.91. The van der Waals surface area contributed by atoms with Crippen LogP contribution in [0, 0.1) is 11.8 Å². The second-order valence-electron chi connectivity index (χ2n) is 8.08. The molecule has 1 fully saturated rings. The molecule has 2 bridgehead atoms. The number of hydrogen-bond donors (Lipinski definition) is 0. The molecule has 4 aliphatic rings. The van der Waals surface area contributed by atoms with Crippen LogP contribution < -0.4 is 4.90 Å². The molecule has 2 aromatic carbocycles. The quantitative estimate of drug-likeness (QED) is 0.618. The number of rotatable bonds is 1. The summed E-state index contributed by atoms with van der Waals surface area (Å²) in [6.45, 7) is 2.13. The van der Waals surface area contributed by atoms with E-state index in [1.54, 1.807) is 24.5 Å². The molecule has 4 heteroatoms. The average molecular weight is 366 g/mol. The van der Waals surface area contributed by atoms with Crippen molar-refractivity contribution in [2.45, 2.75) is 18.3 Å². The average Bonchev–Trinajstić information content (AvgIpc) is 3.01. The summed E-state index contributed by atoms with van der Waals surface area (Å²) in [4.78, 5) is 32.7. The zero-order chi connectivity index (χ0) is 19.0. The third-order valence-electron chi connectivity index (χ3n) is 6.95.